The molecule has 1 aromatic heterocycles. The van der Waals surface area contributed by atoms with E-state index in [1.165, 1.54) is 6.07 Å². The van der Waals surface area contributed by atoms with Crippen LogP contribution in [0.5, 0.6) is 0 Å². The molecule has 0 aliphatic rings. The van der Waals surface area contributed by atoms with E-state index in [0.29, 0.717) is 5.56 Å². The molecule has 1 heterocycles. The van der Waals surface area contributed by atoms with Gasteiger partial charge in [0.15, 0.2) is 0 Å². The van der Waals surface area contributed by atoms with Crippen LogP contribution in [0.3, 0.4) is 0 Å². The lowest BCUT2D eigenvalue weighted by molar-refractivity contribution is 0.0911. The number of hydrogen-bond donors (Lipinski definition) is 2. The number of aliphatic hydroxyl groups is 1. The maximum atomic E-state index is 13.6. The average molecular weight is 328 g/mol. The molecule has 4 nitrogen and oxygen atoms in total. The van der Waals surface area contributed by atoms with Gasteiger partial charge >= 0.3 is 0 Å². The minimum Gasteiger partial charge on any atom is -0.386 e. The minimum absolute atomic E-state index is 0.304. The molecular weight excluding hydrogens is 314 g/mol. The molecule has 2 aromatic carbocycles. The van der Waals surface area contributed by atoms with Crippen LogP contribution in [0.2, 0.25) is 0 Å². The summed E-state index contributed by atoms with van der Waals surface area (Å²) in [6, 6.07) is 11.9. The van der Waals surface area contributed by atoms with Crippen molar-refractivity contribution in [3.05, 3.63) is 77.5 Å². The van der Waals surface area contributed by atoms with E-state index >= 15 is 0 Å². The van der Waals surface area contributed by atoms with Crippen molar-refractivity contribution in [2.24, 2.45) is 0 Å². The number of aliphatic hydroxyl groups excluding tert-OH is 1. The molecule has 0 spiro atoms. The molecule has 0 fully saturated rings. The number of halogens is 2. The Balaban J connectivity index is 1.72. The summed E-state index contributed by atoms with van der Waals surface area (Å²) in [6.07, 6.45) is 0.179. The Bertz CT molecular complexity index is 879. The molecule has 1 atom stereocenters. The highest BCUT2D eigenvalue weighted by atomic mass is 19.1. The van der Waals surface area contributed by atoms with Gasteiger partial charge in [0.1, 0.15) is 17.7 Å². The van der Waals surface area contributed by atoms with E-state index in [1.54, 1.807) is 30.5 Å². The number of fused-ring (bicyclic) bond motifs is 1. The number of amides is 1. The smallest absolute Gasteiger partial charge is 0.251 e. The van der Waals surface area contributed by atoms with Crippen LogP contribution in [0.1, 0.15) is 22.0 Å². The number of benzene rings is 2. The summed E-state index contributed by atoms with van der Waals surface area (Å²) in [5.41, 5.74) is 0.666. The number of aromatic nitrogens is 1. The maximum absolute atomic E-state index is 13.6. The number of nitrogens with one attached hydrogen (secondary N) is 1. The number of nitrogens with zero attached hydrogens (tertiary/aromatic N) is 1. The van der Waals surface area contributed by atoms with Crippen LogP contribution < -0.4 is 5.32 Å². The van der Waals surface area contributed by atoms with Gasteiger partial charge in [-0.15, -0.1) is 0 Å². The van der Waals surface area contributed by atoms with Gasteiger partial charge in [-0.2, -0.15) is 0 Å². The molecule has 3 aromatic rings. The molecule has 0 bridgehead atoms. The molecule has 1 amide bonds. The normalized spacial score (nSPS) is 12.1. The van der Waals surface area contributed by atoms with Gasteiger partial charge < -0.3 is 10.4 Å². The Morgan fingerprint density at radius 3 is 2.62 bits per heavy atom. The van der Waals surface area contributed by atoms with Crippen LogP contribution >= 0.6 is 0 Å². The van der Waals surface area contributed by atoms with E-state index in [2.05, 4.69) is 10.3 Å². The summed E-state index contributed by atoms with van der Waals surface area (Å²) in [6.45, 7) is -0.304. The quantitative estimate of drug-likeness (QED) is 0.774. The van der Waals surface area contributed by atoms with Crippen LogP contribution in [0.15, 0.2) is 54.7 Å². The van der Waals surface area contributed by atoms with Crippen molar-refractivity contribution >= 4 is 16.8 Å². The molecule has 0 saturated carbocycles. The zero-order valence-electron chi connectivity index (χ0n) is 12.5. The molecule has 0 aliphatic carbocycles. The lowest BCUT2D eigenvalue weighted by Crippen LogP contribution is -2.29. The lowest BCUT2D eigenvalue weighted by Gasteiger charge is -2.14. The third kappa shape index (κ3) is 3.23. The van der Waals surface area contributed by atoms with Gasteiger partial charge in [-0.25, -0.2) is 8.78 Å². The van der Waals surface area contributed by atoms with Gasteiger partial charge in [0, 0.05) is 23.7 Å². The molecule has 0 aliphatic heterocycles. The van der Waals surface area contributed by atoms with E-state index in [-0.39, 0.29) is 6.54 Å². The monoisotopic (exact) mass is 328 g/mol. The molecule has 0 saturated heterocycles. The van der Waals surface area contributed by atoms with E-state index < -0.39 is 29.2 Å². The first-order valence-electron chi connectivity index (χ1n) is 7.31. The third-order valence-corrected chi connectivity index (χ3v) is 3.65. The largest absolute Gasteiger partial charge is 0.386 e. The molecule has 0 radical (unpaired) electrons. The van der Waals surface area contributed by atoms with Crippen molar-refractivity contribution in [1.29, 1.82) is 0 Å². The predicted molar refractivity (Wildman–Crippen MR) is 85.4 cm³/mol. The van der Waals surface area contributed by atoms with E-state index in [1.807, 2.05) is 6.07 Å². The molecular formula is C18H14F2N2O2. The number of hydrogen-bond acceptors (Lipinski definition) is 3. The van der Waals surface area contributed by atoms with Crippen LogP contribution in [0, 0.1) is 11.6 Å². The van der Waals surface area contributed by atoms with Crippen LogP contribution in [0.25, 0.3) is 10.9 Å². The Labute approximate surface area is 136 Å². The van der Waals surface area contributed by atoms with Crippen LogP contribution in [0.4, 0.5) is 8.78 Å². The van der Waals surface area contributed by atoms with Gasteiger partial charge in [-0.1, -0.05) is 12.1 Å². The highest BCUT2D eigenvalue weighted by Gasteiger charge is 2.18. The standard InChI is InChI=1S/C18H14F2N2O2/c19-13-4-1-5-14(20)17(13)16(23)10-22-18(24)12-6-7-15-11(9-12)3-2-8-21-15/h1-9,16,23H,10H2,(H,22,24). The Morgan fingerprint density at radius 1 is 1.12 bits per heavy atom. The van der Waals surface area contributed by atoms with Crippen molar-refractivity contribution in [3.63, 3.8) is 0 Å². The van der Waals surface area contributed by atoms with Gasteiger partial charge in [-0.05, 0) is 36.4 Å². The average Bonchev–Trinajstić information content (AvgIpc) is 2.59. The third-order valence-electron chi connectivity index (χ3n) is 3.65. The van der Waals surface area contributed by atoms with Gasteiger partial charge in [0.25, 0.3) is 5.91 Å². The first-order chi connectivity index (χ1) is 11.6. The van der Waals surface area contributed by atoms with Crippen molar-refractivity contribution < 1.29 is 18.7 Å². The first kappa shape index (κ1) is 16.0. The van der Waals surface area contributed by atoms with Crippen LogP contribution in [-0.2, 0) is 0 Å². The number of rotatable bonds is 4. The highest BCUT2D eigenvalue weighted by Crippen LogP contribution is 2.20. The summed E-state index contributed by atoms with van der Waals surface area (Å²) in [5, 5.41) is 13.2. The zero-order chi connectivity index (χ0) is 17.1. The minimum atomic E-state index is -1.47. The summed E-state index contributed by atoms with van der Waals surface area (Å²) in [4.78, 5) is 16.3. The topological polar surface area (TPSA) is 62.2 Å². The Kier molecular flexibility index (Phi) is 4.48. The van der Waals surface area contributed by atoms with Gasteiger partial charge in [0.05, 0.1) is 11.1 Å². The fraction of sp³-hybridized carbons (Fsp3) is 0.111. The second-order valence-electron chi connectivity index (χ2n) is 5.27. The predicted octanol–water partition coefficient (Wildman–Crippen LogP) is 2.98. The van der Waals surface area contributed by atoms with Crippen molar-refractivity contribution in [3.8, 4) is 0 Å². The van der Waals surface area contributed by atoms with E-state index in [9.17, 15) is 18.7 Å². The summed E-state index contributed by atoms with van der Waals surface area (Å²) in [7, 11) is 0. The molecule has 3 rings (SSSR count). The van der Waals surface area contributed by atoms with Crippen molar-refractivity contribution in [2.45, 2.75) is 6.10 Å². The van der Waals surface area contributed by atoms with Crippen molar-refractivity contribution in [1.82, 2.24) is 10.3 Å². The molecule has 1 unspecified atom stereocenters. The number of carbonyl (C=O) groups excluding carboxylic acids is 1. The fourth-order valence-electron chi connectivity index (χ4n) is 2.44. The maximum Gasteiger partial charge on any atom is 0.251 e. The summed E-state index contributed by atoms with van der Waals surface area (Å²) < 4.78 is 27.2. The Morgan fingerprint density at radius 2 is 1.88 bits per heavy atom. The van der Waals surface area contributed by atoms with Crippen LogP contribution in [-0.4, -0.2) is 22.5 Å². The lowest BCUT2D eigenvalue weighted by atomic mass is 10.1. The fourth-order valence-corrected chi connectivity index (χ4v) is 2.44. The van der Waals surface area contributed by atoms with Gasteiger partial charge in [-0.3, -0.25) is 9.78 Å². The number of carbonyl (C=O) groups is 1. The molecule has 2 N–H and O–H groups in total. The SMILES string of the molecule is O=C(NCC(O)c1c(F)cccc1F)c1ccc2ncccc2c1. The number of pyridine rings is 1. The summed E-state index contributed by atoms with van der Waals surface area (Å²) >= 11 is 0. The molecule has 122 valence electrons. The summed E-state index contributed by atoms with van der Waals surface area (Å²) in [5.74, 6) is -2.15. The second kappa shape index (κ2) is 6.72. The molecule has 24 heavy (non-hydrogen) atoms. The van der Waals surface area contributed by atoms with E-state index in [4.69, 9.17) is 0 Å². The zero-order valence-corrected chi connectivity index (χ0v) is 12.5. The Hall–Kier alpha value is -2.86. The second-order valence-corrected chi connectivity index (χ2v) is 5.27. The van der Waals surface area contributed by atoms with Gasteiger partial charge in [0.2, 0.25) is 0 Å². The highest BCUT2D eigenvalue weighted by molar-refractivity contribution is 5.97. The van der Waals surface area contributed by atoms with Crippen molar-refractivity contribution in [2.75, 3.05) is 6.54 Å². The van der Waals surface area contributed by atoms with E-state index in [0.717, 1.165) is 23.0 Å². The first-order valence-corrected chi connectivity index (χ1v) is 7.31. The molecule has 6 heteroatoms.